The summed E-state index contributed by atoms with van der Waals surface area (Å²) in [5.41, 5.74) is 5.71. The molecule has 0 saturated carbocycles. The molecule has 0 unspecified atom stereocenters. The Morgan fingerprint density at radius 1 is 1.58 bits per heavy atom. The summed E-state index contributed by atoms with van der Waals surface area (Å²) in [6, 6.07) is 3.88. The van der Waals surface area contributed by atoms with Gasteiger partial charge in [-0.3, -0.25) is 0 Å². The van der Waals surface area contributed by atoms with Gasteiger partial charge in [0.1, 0.15) is 12.4 Å². The third-order valence-corrected chi connectivity index (χ3v) is 1.89. The lowest BCUT2D eigenvalue weighted by Crippen LogP contribution is -2.12. The summed E-state index contributed by atoms with van der Waals surface area (Å²) in [7, 11) is 0. The van der Waals surface area contributed by atoms with Crippen LogP contribution in [0, 0.1) is 0 Å². The molecular formula is C8H9ClFNO. The van der Waals surface area contributed by atoms with Crippen LogP contribution >= 0.6 is 11.6 Å². The van der Waals surface area contributed by atoms with E-state index in [4.69, 9.17) is 17.3 Å². The first-order valence-electron chi connectivity index (χ1n) is 3.45. The van der Waals surface area contributed by atoms with Crippen molar-refractivity contribution in [2.45, 2.75) is 6.04 Å². The maximum Gasteiger partial charge on any atom is 0.139 e. The minimum atomic E-state index is -0.802. The standard InChI is InChI=1S/C8H9ClFNO/c9-6-3-1-2-5(8(6)12)7(11)4-10/h1-3,7,12H,4,11H2/t7-/m1/s1. The van der Waals surface area contributed by atoms with Gasteiger partial charge in [-0.25, -0.2) is 4.39 Å². The minimum Gasteiger partial charge on any atom is -0.506 e. The zero-order chi connectivity index (χ0) is 9.14. The molecule has 3 N–H and O–H groups in total. The fraction of sp³-hybridized carbons (Fsp3) is 0.250. The van der Waals surface area contributed by atoms with Gasteiger partial charge in [-0.15, -0.1) is 0 Å². The molecule has 0 fully saturated rings. The van der Waals surface area contributed by atoms with Crippen molar-refractivity contribution in [2.24, 2.45) is 5.73 Å². The molecule has 0 radical (unpaired) electrons. The Balaban J connectivity index is 3.07. The zero-order valence-corrected chi connectivity index (χ0v) is 7.05. The maximum absolute atomic E-state index is 12.1. The number of nitrogens with two attached hydrogens (primary N) is 1. The van der Waals surface area contributed by atoms with Crippen LogP contribution in [-0.4, -0.2) is 11.8 Å². The molecule has 66 valence electrons. The Morgan fingerprint density at radius 2 is 2.25 bits per heavy atom. The first kappa shape index (κ1) is 9.29. The third kappa shape index (κ3) is 1.68. The van der Waals surface area contributed by atoms with Crippen molar-refractivity contribution in [1.82, 2.24) is 0 Å². The fourth-order valence-electron chi connectivity index (χ4n) is 0.914. The van der Waals surface area contributed by atoms with Crippen LogP contribution in [-0.2, 0) is 0 Å². The number of hydrogen-bond acceptors (Lipinski definition) is 2. The summed E-state index contributed by atoms with van der Waals surface area (Å²) in [6.07, 6.45) is 0. The number of alkyl halides is 1. The molecule has 0 aromatic heterocycles. The fourth-order valence-corrected chi connectivity index (χ4v) is 1.10. The number of aromatic hydroxyl groups is 1. The molecule has 1 atom stereocenters. The van der Waals surface area contributed by atoms with E-state index in [0.29, 0.717) is 5.56 Å². The Bertz CT molecular complexity index is 280. The highest BCUT2D eigenvalue weighted by Crippen LogP contribution is 2.30. The maximum atomic E-state index is 12.1. The lowest BCUT2D eigenvalue weighted by atomic mass is 10.1. The van der Waals surface area contributed by atoms with E-state index >= 15 is 0 Å². The van der Waals surface area contributed by atoms with E-state index in [1.54, 1.807) is 12.1 Å². The van der Waals surface area contributed by atoms with Gasteiger partial charge in [0.05, 0.1) is 11.1 Å². The van der Waals surface area contributed by atoms with Gasteiger partial charge in [0.15, 0.2) is 0 Å². The van der Waals surface area contributed by atoms with Crippen LogP contribution in [0.4, 0.5) is 4.39 Å². The first-order valence-corrected chi connectivity index (χ1v) is 3.83. The summed E-state index contributed by atoms with van der Waals surface area (Å²) in [5.74, 6) is -0.135. The van der Waals surface area contributed by atoms with Crippen LogP contribution in [0.1, 0.15) is 11.6 Å². The Kier molecular flexibility index (Phi) is 2.89. The lowest BCUT2D eigenvalue weighted by molar-refractivity contribution is 0.414. The van der Waals surface area contributed by atoms with Gasteiger partial charge in [-0.1, -0.05) is 23.7 Å². The molecule has 2 nitrogen and oxygen atoms in total. The number of rotatable bonds is 2. The first-order chi connectivity index (χ1) is 5.66. The quantitative estimate of drug-likeness (QED) is 0.748. The third-order valence-electron chi connectivity index (χ3n) is 1.58. The van der Waals surface area contributed by atoms with Crippen molar-refractivity contribution in [3.8, 4) is 5.75 Å². The van der Waals surface area contributed by atoms with Gasteiger partial charge in [0, 0.05) is 5.56 Å². The molecular weight excluding hydrogens is 181 g/mol. The molecule has 1 rings (SSSR count). The van der Waals surface area contributed by atoms with E-state index in [2.05, 4.69) is 0 Å². The van der Waals surface area contributed by atoms with Crippen molar-refractivity contribution in [1.29, 1.82) is 0 Å². The SMILES string of the molecule is N[C@H](CF)c1cccc(Cl)c1O. The summed E-state index contributed by atoms with van der Waals surface area (Å²) >= 11 is 5.59. The van der Waals surface area contributed by atoms with E-state index in [1.807, 2.05) is 0 Å². The smallest absolute Gasteiger partial charge is 0.139 e. The molecule has 0 aliphatic rings. The van der Waals surface area contributed by atoms with Gasteiger partial charge in [0.25, 0.3) is 0 Å². The van der Waals surface area contributed by atoms with Gasteiger partial charge >= 0.3 is 0 Å². The molecule has 4 heteroatoms. The number of phenolic OH excluding ortho intramolecular Hbond substituents is 1. The predicted octanol–water partition coefficient (Wildman–Crippen LogP) is 2.01. The summed E-state index contributed by atoms with van der Waals surface area (Å²) in [6.45, 7) is -0.714. The van der Waals surface area contributed by atoms with Crippen LogP contribution < -0.4 is 5.73 Å². The van der Waals surface area contributed by atoms with Crippen LogP contribution in [0.2, 0.25) is 5.02 Å². The van der Waals surface area contributed by atoms with Crippen LogP contribution in [0.25, 0.3) is 0 Å². The van der Waals surface area contributed by atoms with E-state index in [9.17, 15) is 9.50 Å². The summed E-state index contributed by atoms with van der Waals surface area (Å²) in [4.78, 5) is 0. The van der Waals surface area contributed by atoms with Crippen molar-refractivity contribution < 1.29 is 9.50 Å². The molecule has 0 aliphatic carbocycles. The van der Waals surface area contributed by atoms with Crippen LogP contribution in [0.5, 0.6) is 5.75 Å². The number of hydrogen-bond donors (Lipinski definition) is 2. The van der Waals surface area contributed by atoms with E-state index in [1.165, 1.54) is 6.07 Å². The normalized spacial score (nSPS) is 12.9. The van der Waals surface area contributed by atoms with E-state index < -0.39 is 12.7 Å². The second-order valence-electron chi connectivity index (χ2n) is 2.44. The molecule has 0 aliphatic heterocycles. The second kappa shape index (κ2) is 3.74. The molecule has 0 heterocycles. The highest BCUT2D eigenvalue weighted by Gasteiger charge is 2.11. The highest BCUT2D eigenvalue weighted by molar-refractivity contribution is 6.32. The molecule has 0 bridgehead atoms. The van der Waals surface area contributed by atoms with Crippen molar-refractivity contribution in [3.63, 3.8) is 0 Å². The molecule has 1 aromatic rings. The van der Waals surface area contributed by atoms with E-state index in [0.717, 1.165) is 0 Å². The molecule has 0 saturated heterocycles. The van der Waals surface area contributed by atoms with Gasteiger partial charge < -0.3 is 10.8 Å². The van der Waals surface area contributed by atoms with E-state index in [-0.39, 0.29) is 10.8 Å². The van der Waals surface area contributed by atoms with Crippen molar-refractivity contribution in [2.75, 3.05) is 6.67 Å². The topological polar surface area (TPSA) is 46.2 Å². The summed E-state index contributed by atoms with van der Waals surface area (Å²) < 4.78 is 12.1. The Morgan fingerprint density at radius 3 is 2.83 bits per heavy atom. The molecule has 0 spiro atoms. The van der Waals surface area contributed by atoms with Gasteiger partial charge in [0.2, 0.25) is 0 Å². The second-order valence-corrected chi connectivity index (χ2v) is 2.85. The Hall–Kier alpha value is -0.800. The Labute approximate surface area is 74.8 Å². The summed E-state index contributed by atoms with van der Waals surface area (Å²) in [5, 5.41) is 9.51. The number of benzene rings is 1. The lowest BCUT2D eigenvalue weighted by Gasteiger charge is -2.09. The van der Waals surface area contributed by atoms with Gasteiger partial charge in [-0.2, -0.15) is 0 Å². The molecule has 0 amide bonds. The number of halogens is 2. The minimum absolute atomic E-state index is 0.135. The van der Waals surface area contributed by atoms with Crippen LogP contribution in [0.15, 0.2) is 18.2 Å². The van der Waals surface area contributed by atoms with Gasteiger partial charge in [-0.05, 0) is 6.07 Å². The number of phenols is 1. The average molecular weight is 190 g/mol. The largest absolute Gasteiger partial charge is 0.506 e. The highest BCUT2D eigenvalue weighted by atomic mass is 35.5. The average Bonchev–Trinajstić information content (AvgIpc) is 2.08. The number of para-hydroxylation sites is 1. The zero-order valence-electron chi connectivity index (χ0n) is 6.30. The van der Waals surface area contributed by atoms with Crippen LogP contribution in [0.3, 0.4) is 0 Å². The molecule has 12 heavy (non-hydrogen) atoms. The van der Waals surface area contributed by atoms with Crippen molar-refractivity contribution >= 4 is 11.6 Å². The van der Waals surface area contributed by atoms with Crippen molar-refractivity contribution in [3.05, 3.63) is 28.8 Å². The predicted molar refractivity (Wildman–Crippen MR) is 46.0 cm³/mol. The molecule has 1 aromatic carbocycles. The monoisotopic (exact) mass is 189 g/mol.